The average molecular weight is 299 g/mol. The number of piperidine rings is 1. The Morgan fingerprint density at radius 2 is 2.11 bits per heavy atom. The fourth-order valence-corrected chi connectivity index (χ4v) is 3.73. The number of sulfonamides is 1. The number of hydrogen-bond acceptors (Lipinski definition) is 4. The van der Waals surface area contributed by atoms with Crippen LogP contribution in [0.5, 0.6) is 0 Å². The molecule has 5 nitrogen and oxygen atoms in total. The second-order valence-corrected chi connectivity index (χ2v) is 7.40. The average Bonchev–Trinajstić information content (AvgIpc) is 2.40. The van der Waals surface area contributed by atoms with Gasteiger partial charge in [-0.25, -0.2) is 8.42 Å². The van der Waals surface area contributed by atoms with Crippen molar-refractivity contribution in [1.29, 1.82) is 0 Å². The second kappa shape index (κ2) is 5.15. The van der Waals surface area contributed by atoms with E-state index in [-0.39, 0.29) is 10.3 Å². The van der Waals surface area contributed by atoms with Crippen LogP contribution in [0.25, 0.3) is 0 Å². The molecule has 0 aromatic carbocycles. The monoisotopic (exact) mass is 299 g/mol. The zero-order valence-corrected chi connectivity index (χ0v) is 12.4. The first-order valence-electron chi connectivity index (χ1n) is 6.06. The van der Waals surface area contributed by atoms with Gasteiger partial charge in [0, 0.05) is 30.9 Å². The van der Waals surface area contributed by atoms with Crippen LogP contribution in [0.15, 0.2) is 29.4 Å². The summed E-state index contributed by atoms with van der Waals surface area (Å²) in [5.74, 6) is 0. The number of hydrogen-bond donors (Lipinski definition) is 1. The molecular weight excluding hydrogens is 282 g/mol. The molecule has 104 valence electrons. The first-order valence-corrected chi connectivity index (χ1v) is 7.91. The Bertz CT molecular complexity index is 564. The van der Waals surface area contributed by atoms with Crippen molar-refractivity contribution in [3.8, 4) is 0 Å². The van der Waals surface area contributed by atoms with Crippen LogP contribution in [0.3, 0.4) is 0 Å². The van der Waals surface area contributed by atoms with E-state index in [1.54, 1.807) is 18.3 Å². The quantitative estimate of drug-likeness (QED) is 0.848. The van der Waals surface area contributed by atoms with Crippen LogP contribution in [0.4, 0.5) is 0 Å². The molecule has 1 aromatic rings. The minimum absolute atomic E-state index is 0.230. The molecule has 0 spiro atoms. The summed E-state index contributed by atoms with van der Waals surface area (Å²) >= 11 is 5.05. The van der Waals surface area contributed by atoms with Crippen molar-refractivity contribution in [2.75, 3.05) is 13.1 Å². The third-order valence-corrected chi connectivity index (χ3v) is 6.07. The summed E-state index contributed by atoms with van der Waals surface area (Å²) in [7, 11) is -3.45. The van der Waals surface area contributed by atoms with Crippen molar-refractivity contribution in [1.82, 2.24) is 9.29 Å². The van der Waals surface area contributed by atoms with Crippen molar-refractivity contribution < 1.29 is 8.42 Å². The molecule has 0 amide bonds. The highest BCUT2D eigenvalue weighted by molar-refractivity contribution is 7.89. The van der Waals surface area contributed by atoms with Gasteiger partial charge in [-0.2, -0.15) is 4.31 Å². The number of thiocarbonyl (C=S) groups is 1. The molecule has 1 aliphatic rings. The third-order valence-electron chi connectivity index (χ3n) is 3.69. The molecule has 2 rings (SSSR count). The molecule has 1 fully saturated rings. The predicted molar refractivity (Wildman–Crippen MR) is 77.1 cm³/mol. The van der Waals surface area contributed by atoms with Gasteiger partial charge < -0.3 is 5.73 Å². The van der Waals surface area contributed by atoms with Crippen LogP contribution < -0.4 is 5.73 Å². The minimum Gasteiger partial charge on any atom is -0.393 e. The van der Waals surface area contributed by atoms with Crippen LogP contribution in [-0.2, 0) is 10.0 Å². The lowest BCUT2D eigenvalue weighted by atomic mass is 9.81. The van der Waals surface area contributed by atoms with Gasteiger partial charge in [0.05, 0.1) is 4.99 Å². The molecule has 0 atom stereocenters. The molecule has 7 heteroatoms. The SMILES string of the molecule is CC1(C(N)=S)CCN(S(=O)(=O)c2cccnc2)CC1. The van der Waals surface area contributed by atoms with Crippen molar-refractivity contribution in [2.45, 2.75) is 24.7 Å². The number of aromatic nitrogens is 1. The van der Waals surface area contributed by atoms with E-state index in [4.69, 9.17) is 18.0 Å². The molecule has 1 aliphatic heterocycles. The molecule has 0 bridgehead atoms. The normalized spacial score (nSPS) is 20.1. The predicted octanol–water partition coefficient (Wildman–Crippen LogP) is 1.16. The molecule has 0 saturated carbocycles. The Labute approximate surface area is 118 Å². The van der Waals surface area contributed by atoms with Gasteiger partial charge in [-0.3, -0.25) is 4.98 Å². The Morgan fingerprint density at radius 3 is 2.58 bits per heavy atom. The van der Waals surface area contributed by atoms with E-state index in [1.165, 1.54) is 10.5 Å². The van der Waals surface area contributed by atoms with E-state index in [0.717, 1.165) is 0 Å². The summed E-state index contributed by atoms with van der Waals surface area (Å²) in [5.41, 5.74) is 5.48. The maximum atomic E-state index is 12.4. The van der Waals surface area contributed by atoms with Crippen LogP contribution in [0.2, 0.25) is 0 Å². The van der Waals surface area contributed by atoms with Crippen molar-refractivity contribution in [3.63, 3.8) is 0 Å². The van der Waals surface area contributed by atoms with Gasteiger partial charge in [-0.15, -0.1) is 0 Å². The van der Waals surface area contributed by atoms with Crippen molar-refractivity contribution in [3.05, 3.63) is 24.5 Å². The first kappa shape index (κ1) is 14.4. The van der Waals surface area contributed by atoms with Crippen LogP contribution in [-0.4, -0.2) is 35.8 Å². The molecule has 2 heterocycles. The maximum Gasteiger partial charge on any atom is 0.244 e. The minimum atomic E-state index is -3.45. The van der Waals surface area contributed by atoms with E-state index < -0.39 is 10.0 Å². The molecule has 19 heavy (non-hydrogen) atoms. The van der Waals surface area contributed by atoms with E-state index >= 15 is 0 Å². The van der Waals surface area contributed by atoms with Crippen molar-refractivity contribution >= 4 is 27.2 Å². The van der Waals surface area contributed by atoms with Gasteiger partial charge in [0.25, 0.3) is 0 Å². The molecule has 0 aliphatic carbocycles. The highest BCUT2D eigenvalue weighted by atomic mass is 32.2. The highest BCUT2D eigenvalue weighted by Crippen LogP contribution is 2.33. The zero-order chi connectivity index (χ0) is 14.1. The van der Waals surface area contributed by atoms with Gasteiger partial charge in [-0.1, -0.05) is 19.1 Å². The van der Waals surface area contributed by atoms with Crippen molar-refractivity contribution in [2.24, 2.45) is 11.1 Å². The van der Waals surface area contributed by atoms with Gasteiger partial charge in [0.1, 0.15) is 4.90 Å². The lowest BCUT2D eigenvalue weighted by molar-refractivity contribution is 0.244. The molecule has 1 saturated heterocycles. The standard InChI is InChI=1S/C12H17N3O2S2/c1-12(11(13)18)4-7-15(8-5-12)19(16,17)10-3-2-6-14-9-10/h2-3,6,9H,4-5,7-8H2,1H3,(H2,13,18). The number of nitrogens with zero attached hydrogens (tertiary/aromatic N) is 2. The Kier molecular flexibility index (Phi) is 3.89. The summed E-state index contributed by atoms with van der Waals surface area (Å²) in [6.07, 6.45) is 4.24. The largest absolute Gasteiger partial charge is 0.393 e. The molecule has 0 radical (unpaired) electrons. The third kappa shape index (κ3) is 2.77. The fourth-order valence-electron chi connectivity index (χ4n) is 2.12. The topological polar surface area (TPSA) is 76.3 Å². The smallest absolute Gasteiger partial charge is 0.244 e. The van der Waals surface area contributed by atoms with E-state index in [0.29, 0.717) is 30.9 Å². The second-order valence-electron chi connectivity index (χ2n) is 5.02. The van der Waals surface area contributed by atoms with Gasteiger partial charge in [-0.05, 0) is 25.0 Å². The lowest BCUT2D eigenvalue weighted by Gasteiger charge is -2.37. The number of pyridine rings is 1. The molecule has 0 unspecified atom stereocenters. The van der Waals surface area contributed by atoms with Crippen LogP contribution >= 0.6 is 12.2 Å². The van der Waals surface area contributed by atoms with E-state index in [1.807, 2.05) is 6.92 Å². The van der Waals surface area contributed by atoms with E-state index in [9.17, 15) is 8.42 Å². The van der Waals surface area contributed by atoms with E-state index in [2.05, 4.69) is 4.98 Å². The summed E-state index contributed by atoms with van der Waals surface area (Å²) in [6.45, 7) is 2.86. The van der Waals surface area contributed by atoms with Crippen LogP contribution in [0.1, 0.15) is 19.8 Å². The fraction of sp³-hybridized carbons (Fsp3) is 0.500. The summed E-state index contributed by atoms with van der Waals surface area (Å²) in [6, 6.07) is 3.18. The highest BCUT2D eigenvalue weighted by Gasteiger charge is 2.37. The summed E-state index contributed by atoms with van der Waals surface area (Å²) < 4.78 is 26.3. The number of nitrogens with two attached hydrogens (primary N) is 1. The molecule has 2 N–H and O–H groups in total. The Balaban J connectivity index is 2.16. The zero-order valence-electron chi connectivity index (χ0n) is 10.7. The van der Waals surface area contributed by atoms with Crippen LogP contribution in [0, 0.1) is 5.41 Å². The molecular formula is C12H17N3O2S2. The summed E-state index contributed by atoms with van der Waals surface area (Å²) in [4.78, 5) is 4.55. The Hall–Kier alpha value is -1.05. The first-order chi connectivity index (χ1) is 8.86. The van der Waals surface area contributed by atoms with Gasteiger partial charge >= 0.3 is 0 Å². The molecule has 1 aromatic heterocycles. The lowest BCUT2D eigenvalue weighted by Crippen LogP contribution is -2.46. The number of rotatable bonds is 3. The van der Waals surface area contributed by atoms with Gasteiger partial charge in [0.15, 0.2) is 0 Å². The Morgan fingerprint density at radius 1 is 1.47 bits per heavy atom. The summed E-state index contributed by atoms with van der Waals surface area (Å²) in [5, 5.41) is 0. The van der Waals surface area contributed by atoms with Gasteiger partial charge in [0.2, 0.25) is 10.0 Å². The maximum absolute atomic E-state index is 12.4.